The van der Waals surface area contributed by atoms with Gasteiger partial charge in [-0.15, -0.1) is 0 Å². The molecule has 3 heterocycles. The van der Waals surface area contributed by atoms with E-state index in [0.717, 1.165) is 50.9 Å². The summed E-state index contributed by atoms with van der Waals surface area (Å²) in [6.07, 6.45) is 12.1. The molecule has 0 unspecified atom stereocenters. The number of nitrogens with zero attached hydrogens (tertiary/aromatic N) is 3. The van der Waals surface area contributed by atoms with Gasteiger partial charge < -0.3 is 9.80 Å². The number of carbonyl (C=O) groups excluding carboxylic acids is 2. The van der Waals surface area contributed by atoms with E-state index < -0.39 is 0 Å². The van der Waals surface area contributed by atoms with Crippen molar-refractivity contribution in [2.75, 3.05) is 19.6 Å². The van der Waals surface area contributed by atoms with Crippen LogP contribution in [0.5, 0.6) is 0 Å². The van der Waals surface area contributed by atoms with E-state index >= 15 is 0 Å². The molecule has 1 aliphatic carbocycles. The highest BCUT2D eigenvalue weighted by Gasteiger charge is 2.45. The molecule has 1 aromatic heterocycles. The van der Waals surface area contributed by atoms with Crippen LogP contribution in [0.25, 0.3) is 0 Å². The van der Waals surface area contributed by atoms with Crippen molar-refractivity contribution in [2.45, 2.75) is 38.6 Å². The number of pyridine rings is 1. The second-order valence-corrected chi connectivity index (χ2v) is 7.75. The molecule has 2 aliphatic heterocycles. The van der Waals surface area contributed by atoms with Gasteiger partial charge in [-0.05, 0) is 37.3 Å². The maximum absolute atomic E-state index is 12.6. The van der Waals surface area contributed by atoms with Crippen molar-refractivity contribution >= 4 is 11.8 Å². The van der Waals surface area contributed by atoms with Crippen molar-refractivity contribution in [2.24, 2.45) is 11.3 Å². The van der Waals surface area contributed by atoms with Gasteiger partial charge in [-0.1, -0.05) is 18.2 Å². The molecule has 132 valence electrons. The minimum atomic E-state index is 0.0595. The first-order valence-electron chi connectivity index (χ1n) is 9.26. The summed E-state index contributed by atoms with van der Waals surface area (Å²) in [4.78, 5) is 33.2. The molecule has 2 amide bonds. The molecule has 0 saturated carbocycles. The van der Waals surface area contributed by atoms with Crippen molar-refractivity contribution in [3.05, 3.63) is 42.2 Å². The van der Waals surface area contributed by atoms with Gasteiger partial charge in [-0.3, -0.25) is 14.6 Å². The topological polar surface area (TPSA) is 53.5 Å². The molecule has 25 heavy (non-hydrogen) atoms. The molecule has 0 bridgehead atoms. The van der Waals surface area contributed by atoms with E-state index in [-0.39, 0.29) is 17.2 Å². The Balaban J connectivity index is 1.35. The molecule has 1 spiro atoms. The summed E-state index contributed by atoms with van der Waals surface area (Å²) < 4.78 is 0. The minimum Gasteiger partial charge on any atom is -0.342 e. The number of hydrogen-bond donors (Lipinski definition) is 0. The highest BCUT2D eigenvalue weighted by atomic mass is 16.2. The van der Waals surface area contributed by atoms with Crippen LogP contribution in [-0.2, 0) is 16.1 Å². The molecule has 0 radical (unpaired) electrons. The van der Waals surface area contributed by atoms with E-state index in [1.54, 1.807) is 6.20 Å². The Morgan fingerprint density at radius 2 is 2.00 bits per heavy atom. The smallest absolute Gasteiger partial charge is 0.226 e. The van der Waals surface area contributed by atoms with Crippen LogP contribution in [0, 0.1) is 11.3 Å². The monoisotopic (exact) mass is 339 g/mol. The van der Waals surface area contributed by atoms with Crippen LogP contribution >= 0.6 is 0 Å². The minimum absolute atomic E-state index is 0.0595. The average Bonchev–Trinajstić information content (AvgIpc) is 3.25. The average molecular weight is 339 g/mol. The Kier molecular flexibility index (Phi) is 4.32. The highest BCUT2D eigenvalue weighted by Crippen LogP contribution is 2.42. The van der Waals surface area contributed by atoms with E-state index in [2.05, 4.69) is 17.1 Å². The number of carbonyl (C=O) groups is 2. The lowest BCUT2D eigenvalue weighted by Crippen LogP contribution is -2.46. The fraction of sp³-hybridized carbons (Fsp3) is 0.550. The zero-order valence-electron chi connectivity index (χ0n) is 14.6. The maximum Gasteiger partial charge on any atom is 0.226 e. The lowest BCUT2D eigenvalue weighted by molar-refractivity contribution is -0.137. The molecule has 0 aromatic carbocycles. The van der Waals surface area contributed by atoms with Gasteiger partial charge in [0.2, 0.25) is 11.8 Å². The summed E-state index contributed by atoms with van der Waals surface area (Å²) >= 11 is 0. The summed E-state index contributed by atoms with van der Waals surface area (Å²) in [5, 5.41) is 0. The number of piperidine rings is 1. The number of rotatable bonds is 3. The molecule has 5 nitrogen and oxygen atoms in total. The number of likely N-dealkylation sites (tertiary alicyclic amines) is 2. The molecular formula is C20H25N3O2. The summed E-state index contributed by atoms with van der Waals surface area (Å²) in [6.45, 7) is 3.05. The second kappa shape index (κ2) is 6.62. The zero-order chi connectivity index (χ0) is 17.3. The first-order valence-corrected chi connectivity index (χ1v) is 9.26. The van der Waals surface area contributed by atoms with Crippen LogP contribution in [0.3, 0.4) is 0 Å². The Labute approximate surface area is 148 Å². The van der Waals surface area contributed by atoms with Gasteiger partial charge in [0.15, 0.2) is 0 Å². The van der Waals surface area contributed by atoms with Gasteiger partial charge in [-0.2, -0.15) is 0 Å². The number of aromatic nitrogens is 1. The molecule has 2 saturated heterocycles. The Hall–Kier alpha value is -2.17. The molecule has 2 fully saturated rings. The number of allylic oxidation sites excluding steroid dienone is 2. The van der Waals surface area contributed by atoms with Crippen molar-refractivity contribution < 1.29 is 9.59 Å². The third kappa shape index (κ3) is 3.32. The van der Waals surface area contributed by atoms with Crippen LogP contribution in [0.1, 0.15) is 37.7 Å². The first kappa shape index (κ1) is 16.3. The summed E-state index contributed by atoms with van der Waals surface area (Å²) in [5.41, 5.74) is 1.14. The molecule has 4 rings (SSSR count). The van der Waals surface area contributed by atoms with Crippen molar-refractivity contribution in [1.82, 2.24) is 14.8 Å². The lowest BCUT2D eigenvalue weighted by atomic mass is 9.77. The standard InChI is InChI=1S/C20H25N3O2/c24-18-12-20(15-23(18)14-16-4-3-9-21-13-16)7-10-22(11-8-20)19(25)17-5-1-2-6-17/h1-4,9,13,17H,5-8,10-12,14-15H2. The van der Waals surface area contributed by atoms with Crippen molar-refractivity contribution in [3.63, 3.8) is 0 Å². The summed E-state index contributed by atoms with van der Waals surface area (Å²) in [5.74, 6) is 0.696. The van der Waals surface area contributed by atoms with Gasteiger partial charge >= 0.3 is 0 Å². The van der Waals surface area contributed by atoms with Crippen LogP contribution in [0.4, 0.5) is 0 Å². The summed E-state index contributed by atoms with van der Waals surface area (Å²) in [7, 11) is 0. The second-order valence-electron chi connectivity index (χ2n) is 7.75. The van der Waals surface area contributed by atoms with Gasteiger partial charge in [0.05, 0.1) is 0 Å². The Morgan fingerprint density at radius 1 is 1.24 bits per heavy atom. The van der Waals surface area contributed by atoms with Gasteiger partial charge in [-0.25, -0.2) is 0 Å². The maximum atomic E-state index is 12.6. The van der Waals surface area contributed by atoms with E-state index in [1.807, 2.05) is 28.1 Å². The van der Waals surface area contributed by atoms with E-state index in [4.69, 9.17) is 0 Å². The molecular weight excluding hydrogens is 314 g/mol. The SMILES string of the molecule is O=C1CC2(CCN(C(=O)C3CC=CC3)CC2)CN1Cc1cccnc1. The predicted octanol–water partition coefficient (Wildman–Crippen LogP) is 2.39. The zero-order valence-corrected chi connectivity index (χ0v) is 14.6. The Morgan fingerprint density at radius 3 is 2.68 bits per heavy atom. The fourth-order valence-corrected chi connectivity index (χ4v) is 4.45. The third-order valence-electron chi connectivity index (χ3n) is 5.99. The Bertz CT molecular complexity index is 669. The largest absolute Gasteiger partial charge is 0.342 e. The molecule has 0 atom stereocenters. The highest BCUT2D eigenvalue weighted by molar-refractivity contribution is 5.81. The van der Waals surface area contributed by atoms with Crippen LogP contribution in [-0.4, -0.2) is 46.2 Å². The van der Waals surface area contributed by atoms with Crippen molar-refractivity contribution in [3.8, 4) is 0 Å². The van der Waals surface area contributed by atoms with Crippen LogP contribution in [0.2, 0.25) is 0 Å². The fourth-order valence-electron chi connectivity index (χ4n) is 4.45. The lowest BCUT2D eigenvalue weighted by Gasteiger charge is -2.39. The first-order chi connectivity index (χ1) is 12.2. The van der Waals surface area contributed by atoms with Crippen LogP contribution < -0.4 is 0 Å². The van der Waals surface area contributed by atoms with E-state index in [9.17, 15) is 9.59 Å². The third-order valence-corrected chi connectivity index (χ3v) is 5.99. The number of hydrogen-bond acceptors (Lipinski definition) is 3. The molecule has 5 heteroatoms. The summed E-state index contributed by atoms with van der Waals surface area (Å²) in [6, 6.07) is 3.93. The normalized spacial score (nSPS) is 23.0. The van der Waals surface area contributed by atoms with Gasteiger partial charge in [0.1, 0.15) is 0 Å². The molecule has 0 N–H and O–H groups in total. The molecule has 1 aromatic rings. The molecule has 3 aliphatic rings. The van der Waals surface area contributed by atoms with Crippen molar-refractivity contribution in [1.29, 1.82) is 0 Å². The number of amides is 2. The van der Waals surface area contributed by atoms with Gasteiger partial charge in [0.25, 0.3) is 0 Å². The van der Waals surface area contributed by atoms with E-state index in [1.165, 1.54) is 0 Å². The van der Waals surface area contributed by atoms with E-state index in [0.29, 0.717) is 18.9 Å². The quantitative estimate of drug-likeness (QED) is 0.795. The predicted molar refractivity (Wildman–Crippen MR) is 94.4 cm³/mol. The van der Waals surface area contributed by atoms with Crippen LogP contribution in [0.15, 0.2) is 36.7 Å². The van der Waals surface area contributed by atoms with Gasteiger partial charge in [0, 0.05) is 56.3 Å².